The van der Waals surface area contributed by atoms with Gasteiger partial charge in [0.05, 0.1) is 33.3 Å². The highest BCUT2D eigenvalue weighted by atomic mass is 35.5. The topological polar surface area (TPSA) is 132 Å². The fourth-order valence-electron chi connectivity index (χ4n) is 5.69. The molecule has 0 saturated carbocycles. The predicted octanol–water partition coefficient (Wildman–Crippen LogP) is 8.15. The first-order valence-electron chi connectivity index (χ1n) is 17.0. The van der Waals surface area contributed by atoms with Gasteiger partial charge in [-0.2, -0.15) is 17.9 Å². The van der Waals surface area contributed by atoms with Gasteiger partial charge in [0.15, 0.2) is 0 Å². The van der Waals surface area contributed by atoms with Gasteiger partial charge >= 0.3 is 11.9 Å². The summed E-state index contributed by atoms with van der Waals surface area (Å²) in [7, 11) is -4.49. The molecule has 0 aliphatic heterocycles. The normalized spacial score (nSPS) is 11.8. The Kier molecular flexibility index (Phi) is 12.4. The van der Waals surface area contributed by atoms with Crippen molar-refractivity contribution in [2.24, 2.45) is 0 Å². The Morgan fingerprint density at radius 2 is 1.61 bits per heavy atom. The molecule has 10 nitrogen and oxygen atoms in total. The first-order valence-corrected chi connectivity index (χ1v) is 18.9. The number of benzene rings is 4. The molecule has 0 unspecified atom stereocenters. The monoisotopic (exact) mass is 785 g/mol. The van der Waals surface area contributed by atoms with Crippen LogP contribution in [0, 0.1) is 5.82 Å². The number of unbranched alkanes of at least 4 members (excludes halogenated alkanes) is 2. The number of amides is 2. The van der Waals surface area contributed by atoms with E-state index < -0.39 is 57.3 Å². The average molecular weight is 786 g/mol. The number of rotatable bonds is 14. The Hall–Kier alpha value is -5.28. The third kappa shape index (κ3) is 9.08. The second-order valence-corrected chi connectivity index (χ2v) is 14.5. The Morgan fingerprint density at radius 3 is 2.30 bits per heavy atom. The number of aromatic nitrogens is 3. The molecule has 5 aromatic rings. The maximum Gasteiger partial charge on any atom is 0.418 e. The number of halogens is 5. The van der Waals surface area contributed by atoms with E-state index in [-0.39, 0.29) is 56.5 Å². The number of nitrogens with zero attached hydrogens (tertiary/aromatic N) is 3. The van der Waals surface area contributed by atoms with Crippen molar-refractivity contribution >= 4 is 39.1 Å². The van der Waals surface area contributed by atoms with Crippen LogP contribution in [-0.4, -0.2) is 34.6 Å². The summed E-state index contributed by atoms with van der Waals surface area (Å²) in [4.78, 5) is 38.7. The maximum atomic E-state index is 15.9. The van der Waals surface area contributed by atoms with Crippen molar-refractivity contribution in [1.82, 2.24) is 19.1 Å². The van der Waals surface area contributed by atoms with E-state index in [4.69, 9.17) is 11.6 Å². The summed E-state index contributed by atoms with van der Waals surface area (Å²) in [5.41, 5.74) is -2.58. The smallest absolute Gasteiger partial charge is 0.326 e. The maximum absolute atomic E-state index is 15.9. The quantitative estimate of drug-likeness (QED) is 0.109. The summed E-state index contributed by atoms with van der Waals surface area (Å²) in [5, 5.41) is 6.87. The molecule has 54 heavy (non-hydrogen) atoms. The van der Waals surface area contributed by atoms with Gasteiger partial charge in [0.25, 0.3) is 15.9 Å². The zero-order valence-corrected chi connectivity index (χ0v) is 30.8. The molecule has 5 rings (SSSR count). The number of sulfonamides is 1. The summed E-state index contributed by atoms with van der Waals surface area (Å²) in [6.45, 7) is 3.36. The molecule has 0 fully saturated rings. The summed E-state index contributed by atoms with van der Waals surface area (Å²) >= 11 is 6.07. The van der Waals surface area contributed by atoms with Crippen LogP contribution < -0.4 is 15.7 Å². The van der Waals surface area contributed by atoms with Crippen LogP contribution in [0.25, 0.3) is 16.8 Å². The Bertz CT molecular complexity index is 2360. The van der Waals surface area contributed by atoms with Crippen molar-refractivity contribution in [1.29, 1.82) is 0 Å². The Labute approximate surface area is 313 Å². The van der Waals surface area contributed by atoms with E-state index in [1.165, 1.54) is 54.6 Å². The number of hydrogen-bond acceptors (Lipinski definition) is 6. The standard InChI is InChI=1S/C38H36ClF4N5O5S/c1-3-5-15-34-45-48(32-22-26(44-35(49)16-6-4-2)19-20-29(32)38(41,42)43)37(51)47(34)23-25-18-17-24(21-31(25)40)27-11-8-10-14-33(27)54(52,53)46-36(50)28-12-7-9-13-30(28)39/h7-14,17-22H,3-6,15-16,23H2,1-2H3,(H,44,49)(H,46,50). The van der Waals surface area contributed by atoms with Crippen LogP contribution in [-0.2, 0) is 34.0 Å². The molecule has 0 spiro atoms. The number of alkyl halides is 3. The number of carbonyl (C=O) groups excluding carboxylic acids is 2. The van der Waals surface area contributed by atoms with Gasteiger partial charge in [0, 0.05) is 29.7 Å². The summed E-state index contributed by atoms with van der Waals surface area (Å²) in [6, 6.07) is 18.3. The number of carbonyl (C=O) groups is 2. The predicted molar refractivity (Wildman–Crippen MR) is 197 cm³/mol. The van der Waals surface area contributed by atoms with Gasteiger partial charge in [-0.15, -0.1) is 5.10 Å². The fraction of sp³-hybridized carbons (Fsp3) is 0.263. The van der Waals surface area contributed by atoms with Crippen LogP contribution in [0.4, 0.5) is 23.2 Å². The van der Waals surface area contributed by atoms with Gasteiger partial charge in [0.1, 0.15) is 11.6 Å². The molecule has 284 valence electrons. The molecule has 0 radical (unpaired) electrons. The average Bonchev–Trinajstić information content (AvgIpc) is 3.43. The van der Waals surface area contributed by atoms with Gasteiger partial charge in [-0.05, 0) is 60.9 Å². The molecule has 2 N–H and O–H groups in total. The van der Waals surface area contributed by atoms with E-state index in [0.29, 0.717) is 23.9 Å². The molecule has 0 atom stereocenters. The zero-order valence-electron chi connectivity index (χ0n) is 29.2. The van der Waals surface area contributed by atoms with Gasteiger partial charge < -0.3 is 5.32 Å². The molecule has 0 bridgehead atoms. The zero-order chi connectivity index (χ0) is 39.2. The number of nitrogens with one attached hydrogen (secondary N) is 2. The van der Waals surface area contributed by atoms with E-state index in [1.54, 1.807) is 6.07 Å². The van der Waals surface area contributed by atoms with Crippen LogP contribution in [0.5, 0.6) is 0 Å². The van der Waals surface area contributed by atoms with E-state index in [0.717, 1.165) is 35.3 Å². The minimum absolute atomic E-state index is 0.0292. The molecule has 1 heterocycles. The van der Waals surface area contributed by atoms with Crippen LogP contribution in [0.1, 0.15) is 73.3 Å². The fourth-order valence-corrected chi connectivity index (χ4v) is 7.11. The highest BCUT2D eigenvalue weighted by molar-refractivity contribution is 7.90. The molecule has 0 saturated heterocycles. The van der Waals surface area contributed by atoms with Crippen LogP contribution in [0.15, 0.2) is 94.6 Å². The summed E-state index contributed by atoms with van der Waals surface area (Å²) < 4.78 is 89.0. The van der Waals surface area contributed by atoms with Crippen molar-refractivity contribution in [2.45, 2.75) is 70.0 Å². The van der Waals surface area contributed by atoms with Gasteiger partial charge in [-0.25, -0.2) is 22.3 Å². The first-order chi connectivity index (χ1) is 25.6. The summed E-state index contributed by atoms with van der Waals surface area (Å²) in [6.07, 6.45) is -2.02. The molecular weight excluding hydrogens is 750 g/mol. The molecule has 1 aromatic heterocycles. The number of anilines is 1. The van der Waals surface area contributed by atoms with Gasteiger partial charge in [0.2, 0.25) is 5.91 Å². The molecule has 16 heteroatoms. The third-order valence-electron chi connectivity index (χ3n) is 8.48. The second kappa shape index (κ2) is 16.8. The number of hydrogen-bond donors (Lipinski definition) is 2. The largest absolute Gasteiger partial charge is 0.418 e. The van der Waals surface area contributed by atoms with Crippen molar-refractivity contribution in [3.8, 4) is 16.8 Å². The van der Waals surface area contributed by atoms with Gasteiger partial charge in [-0.3, -0.25) is 14.2 Å². The van der Waals surface area contributed by atoms with Gasteiger partial charge in [-0.1, -0.05) is 80.8 Å². The van der Waals surface area contributed by atoms with Crippen molar-refractivity contribution in [2.75, 3.05) is 5.32 Å². The third-order valence-corrected chi connectivity index (χ3v) is 10.2. The number of aryl methyl sites for hydroxylation is 1. The molecule has 0 aliphatic rings. The van der Waals surface area contributed by atoms with Crippen LogP contribution in [0.3, 0.4) is 0 Å². The molecule has 2 amide bonds. The van der Waals surface area contributed by atoms with E-state index in [1.807, 2.05) is 18.6 Å². The van der Waals surface area contributed by atoms with Crippen molar-refractivity contribution in [3.05, 3.63) is 129 Å². The van der Waals surface area contributed by atoms with Crippen molar-refractivity contribution in [3.63, 3.8) is 0 Å². The van der Waals surface area contributed by atoms with E-state index >= 15 is 4.39 Å². The second-order valence-electron chi connectivity index (χ2n) is 12.4. The molecule has 4 aromatic carbocycles. The Morgan fingerprint density at radius 1 is 0.907 bits per heavy atom. The summed E-state index contributed by atoms with van der Waals surface area (Å²) in [5.74, 6) is -2.09. The lowest BCUT2D eigenvalue weighted by Crippen LogP contribution is -2.31. The lowest BCUT2D eigenvalue weighted by Gasteiger charge is -2.14. The minimum Gasteiger partial charge on any atom is -0.326 e. The lowest BCUT2D eigenvalue weighted by molar-refractivity contribution is -0.137. The first kappa shape index (κ1) is 39.9. The minimum atomic E-state index is -4.88. The van der Waals surface area contributed by atoms with E-state index in [9.17, 15) is 36.0 Å². The van der Waals surface area contributed by atoms with Crippen molar-refractivity contribution < 1.29 is 35.6 Å². The highest BCUT2D eigenvalue weighted by Crippen LogP contribution is 2.35. The highest BCUT2D eigenvalue weighted by Gasteiger charge is 2.35. The molecule has 0 aliphatic carbocycles. The van der Waals surface area contributed by atoms with Crippen LogP contribution >= 0.6 is 11.6 Å². The Balaban J connectivity index is 1.50. The molecular formula is C38H36ClF4N5O5S. The van der Waals surface area contributed by atoms with E-state index in [2.05, 4.69) is 10.4 Å². The SMILES string of the molecule is CCCCC(=O)Nc1ccc(C(F)(F)F)c(-n2nc(CCCC)n(Cc3ccc(-c4ccccc4S(=O)(=O)NC(=O)c4ccccc4Cl)cc3F)c2=O)c1. The lowest BCUT2D eigenvalue weighted by atomic mass is 10.0. The van der Waals surface area contributed by atoms with Crippen LogP contribution in [0.2, 0.25) is 5.02 Å².